The van der Waals surface area contributed by atoms with Crippen LogP contribution in [-0.4, -0.2) is 52.8 Å². The molecule has 1 heterocycles. The van der Waals surface area contributed by atoms with Crippen LogP contribution in [0.3, 0.4) is 0 Å². The molecular weight excluding hydrogens is 260 g/mol. The van der Waals surface area contributed by atoms with Gasteiger partial charge in [-0.15, -0.1) is 0 Å². The zero-order valence-electron chi connectivity index (χ0n) is 13.4. The minimum absolute atomic E-state index is 0.187. The number of nitrogens with one attached hydrogen (secondary N) is 1. The number of piperazine rings is 1. The lowest BCUT2D eigenvalue weighted by Gasteiger charge is -2.39. The van der Waals surface area contributed by atoms with Gasteiger partial charge in [-0.3, -0.25) is 4.79 Å². The SMILES string of the molecule is CC(=O)O.CCC1CNC(C)CN1C(=O)OC(C)(C)C. The van der Waals surface area contributed by atoms with Crippen molar-refractivity contribution in [3.8, 4) is 0 Å². The predicted octanol–water partition coefficient (Wildman–Crippen LogP) is 2.08. The van der Waals surface area contributed by atoms with Gasteiger partial charge in [-0.25, -0.2) is 4.79 Å². The lowest BCUT2D eigenvalue weighted by molar-refractivity contribution is -0.134. The number of nitrogens with zero attached hydrogens (tertiary/aromatic N) is 1. The van der Waals surface area contributed by atoms with Gasteiger partial charge in [-0.2, -0.15) is 0 Å². The second kappa shape index (κ2) is 8.09. The van der Waals surface area contributed by atoms with Gasteiger partial charge in [-0.1, -0.05) is 6.92 Å². The van der Waals surface area contributed by atoms with Gasteiger partial charge < -0.3 is 20.1 Å². The van der Waals surface area contributed by atoms with Crippen LogP contribution in [0.15, 0.2) is 0 Å². The molecule has 0 spiro atoms. The molecule has 0 bridgehead atoms. The Morgan fingerprint density at radius 2 is 1.90 bits per heavy atom. The number of hydrogen-bond acceptors (Lipinski definition) is 4. The Bertz CT molecular complexity index is 322. The number of carbonyl (C=O) groups excluding carboxylic acids is 1. The fourth-order valence-electron chi connectivity index (χ4n) is 1.86. The van der Waals surface area contributed by atoms with Crippen LogP contribution in [-0.2, 0) is 9.53 Å². The van der Waals surface area contributed by atoms with Crippen molar-refractivity contribution >= 4 is 12.1 Å². The summed E-state index contributed by atoms with van der Waals surface area (Å²) in [4.78, 5) is 22.9. The number of ether oxygens (including phenoxy) is 1. The lowest BCUT2D eigenvalue weighted by atomic mass is 10.1. The largest absolute Gasteiger partial charge is 0.481 e. The first kappa shape index (κ1) is 18.7. The molecule has 1 aliphatic rings. The normalized spacial score (nSPS) is 22.6. The van der Waals surface area contributed by atoms with Gasteiger partial charge in [0.05, 0.1) is 0 Å². The zero-order valence-corrected chi connectivity index (χ0v) is 13.4. The van der Waals surface area contributed by atoms with Crippen molar-refractivity contribution in [2.75, 3.05) is 13.1 Å². The topological polar surface area (TPSA) is 78.9 Å². The van der Waals surface area contributed by atoms with Crippen LogP contribution in [0.2, 0.25) is 0 Å². The number of carboxylic acid groups (broad SMARTS) is 1. The highest BCUT2D eigenvalue weighted by molar-refractivity contribution is 5.68. The van der Waals surface area contributed by atoms with Crippen LogP contribution in [0.25, 0.3) is 0 Å². The van der Waals surface area contributed by atoms with Crippen molar-refractivity contribution in [3.05, 3.63) is 0 Å². The molecule has 0 saturated carbocycles. The third kappa shape index (κ3) is 7.99. The summed E-state index contributed by atoms with van der Waals surface area (Å²) in [5.74, 6) is -0.833. The van der Waals surface area contributed by atoms with Crippen molar-refractivity contribution in [1.29, 1.82) is 0 Å². The van der Waals surface area contributed by atoms with Crippen LogP contribution in [0.1, 0.15) is 48.0 Å². The first-order valence-corrected chi connectivity index (χ1v) is 6.99. The number of amides is 1. The number of rotatable bonds is 1. The third-order valence-corrected chi connectivity index (χ3v) is 2.71. The molecule has 6 nitrogen and oxygen atoms in total. The molecule has 0 aliphatic carbocycles. The standard InChI is InChI=1S/C12H24N2O2.C2H4O2/c1-6-10-7-13-9(2)8-14(10)11(15)16-12(3,4)5;1-2(3)4/h9-10,13H,6-8H2,1-5H3;1H3,(H,3,4). The zero-order chi connectivity index (χ0) is 15.9. The van der Waals surface area contributed by atoms with Gasteiger partial charge in [0.2, 0.25) is 0 Å². The highest BCUT2D eigenvalue weighted by Crippen LogP contribution is 2.16. The second-order valence-corrected chi connectivity index (χ2v) is 6.02. The molecule has 118 valence electrons. The van der Waals surface area contributed by atoms with E-state index < -0.39 is 11.6 Å². The predicted molar refractivity (Wildman–Crippen MR) is 77.8 cm³/mol. The second-order valence-electron chi connectivity index (χ2n) is 6.02. The quantitative estimate of drug-likeness (QED) is 0.772. The summed E-state index contributed by atoms with van der Waals surface area (Å²) in [7, 11) is 0. The van der Waals surface area contributed by atoms with E-state index in [0.29, 0.717) is 6.04 Å². The van der Waals surface area contributed by atoms with E-state index in [1.54, 1.807) is 0 Å². The minimum atomic E-state index is -0.833. The maximum atomic E-state index is 12.0. The van der Waals surface area contributed by atoms with E-state index in [4.69, 9.17) is 14.6 Å². The van der Waals surface area contributed by atoms with Gasteiger partial charge >= 0.3 is 6.09 Å². The van der Waals surface area contributed by atoms with Crippen LogP contribution < -0.4 is 5.32 Å². The monoisotopic (exact) mass is 288 g/mol. The summed E-state index contributed by atoms with van der Waals surface area (Å²) in [6.45, 7) is 12.6. The Labute approximate surface area is 121 Å². The molecule has 2 atom stereocenters. The summed E-state index contributed by atoms with van der Waals surface area (Å²) < 4.78 is 5.42. The molecule has 1 aliphatic heterocycles. The van der Waals surface area contributed by atoms with E-state index in [1.807, 2.05) is 25.7 Å². The summed E-state index contributed by atoms with van der Waals surface area (Å²) in [5, 5.41) is 10.8. The highest BCUT2D eigenvalue weighted by Gasteiger charge is 2.31. The Hall–Kier alpha value is -1.30. The number of hydrogen-bond donors (Lipinski definition) is 2. The molecule has 1 saturated heterocycles. The van der Waals surface area contributed by atoms with E-state index in [1.165, 1.54) is 0 Å². The van der Waals surface area contributed by atoms with Crippen LogP contribution in [0, 0.1) is 0 Å². The number of carboxylic acids is 1. The van der Waals surface area contributed by atoms with E-state index in [0.717, 1.165) is 26.4 Å². The van der Waals surface area contributed by atoms with Crippen molar-refractivity contribution in [2.24, 2.45) is 0 Å². The van der Waals surface area contributed by atoms with E-state index in [9.17, 15) is 4.79 Å². The van der Waals surface area contributed by atoms with E-state index in [-0.39, 0.29) is 12.1 Å². The first-order chi connectivity index (χ1) is 9.06. The van der Waals surface area contributed by atoms with Gasteiger partial charge in [0.25, 0.3) is 5.97 Å². The summed E-state index contributed by atoms with van der Waals surface area (Å²) in [6, 6.07) is 0.598. The molecular formula is C14H28N2O4. The van der Waals surface area contributed by atoms with E-state index in [2.05, 4.69) is 19.2 Å². The molecule has 2 unspecified atom stereocenters. The Kier molecular flexibility index (Phi) is 7.57. The van der Waals surface area contributed by atoms with Crippen molar-refractivity contribution in [1.82, 2.24) is 10.2 Å². The summed E-state index contributed by atoms with van der Waals surface area (Å²) in [5.41, 5.74) is -0.413. The van der Waals surface area contributed by atoms with Gasteiger partial charge in [0.15, 0.2) is 0 Å². The molecule has 2 N–H and O–H groups in total. The van der Waals surface area contributed by atoms with Crippen molar-refractivity contribution < 1.29 is 19.4 Å². The molecule has 1 fully saturated rings. The van der Waals surface area contributed by atoms with E-state index >= 15 is 0 Å². The van der Waals surface area contributed by atoms with Crippen LogP contribution in [0.4, 0.5) is 4.79 Å². The average Bonchev–Trinajstić information content (AvgIpc) is 2.25. The van der Waals surface area contributed by atoms with Crippen molar-refractivity contribution in [2.45, 2.75) is 65.6 Å². The molecule has 20 heavy (non-hydrogen) atoms. The van der Waals surface area contributed by atoms with Crippen molar-refractivity contribution in [3.63, 3.8) is 0 Å². The average molecular weight is 288 g/mol. The lowest BCUT2D eigenvalue weighted by Crippen LogP contribution is -2.57. The molecule has 1 amide bonds. The van der Waals surface area contributed by atoms with Gasteiger partial charge in [0.1, 0.15) is 5.60 Å². The fourth-order valence-corrected chi connectivity index (χ4v) is 1.86. The molecule has 1 rings (SSSR count). The summed E-state index contributed by atoms with van der Waals surface area (Å²) >= 11 is 0. The molecule has 0 aromatic rings. The minimum Gasteiger partial charge on any atom is -0.481 e. The Morgan fingerprint density at radius 3 is 2.30 bits per heavy atom. The molecule has 6 heteroatoms. The van der Waals surface area contributed by atoms with Gasteiger partial charge in [-0.05, 0) is 34.1 Å². The third-order valence-electron chi connectivity index (χ3n) is 2.71. The molecule has 0 radical (unpaired) electrons. The first-order valence-electron chi connectivity index (χ1n) is 6.99. The fraction of sp³-hybridized carbons (Fsp3) is 0.857. The Morgan fingerprint density at radius 1 is 1.40 bits per heavy atom. The smallest absolute Gasteiger partial charge is 0.410 e. The number of carbonyl (C=O) groups is 2. The maximum Gasteiger partial charge on any atom is 0.410 e. The highest BCUT2D eigenvalue weighted by atomic mass is 16.6. The van der Waals surface area contributed by atoms with Crippen LogP contribution >= 0.6 is 0 Å². The molecule has 0 aromatic carbocycles. The summed E-state index contributed by atoms with van der Waals surface area (Å²) in [6.07, 6.45) is 0.770. The van der Waals surface area contributed by atoms with Crippen LogP contribution in [0.5, 0.6) is 0 Å². The molecule has 0 aromatic heterocycles. The number of aliphatic carboxylic acids is 1. The Balaban J connectivity index is 0.000000796. The van der Waals surface area contributed by atoms with Gasteiger partial charge in [0, 0.05) is 32.1 Å². The maximum absolute atomic E-state index is 12.0.